The molecule has 23 heavy (non-hydrogen) atoms. The second-order valence-electron chi connectivity index (χ2n) is 4.98. The summed E-state index contributed by atoms with van der Waals surface area (Å²) in [5, 5.41) is 1.93. The van der Waals surface area contributed by atoms with Crippen LogP contribution in [-0.4, -0.2) is 9.55 Å². The van der Waals surface area contributed by atoms with E-state index in [1.807, 2.05) is 35.9 Å². The van der Waals surface area contributed by atoms with Crippen molar-refractivity contribution in [1.82, 2.24) is 9.55 Å². The zero-order valence-corrected chi connectivity index (χ0v) is 14.6. The van der Waals surface area contributed by atoms with E-state index in [1.54, 1.807) is 18.3 Å². The van der Waals surface area contributed by atoms with Crippen molar-refractivity contribution < 1.29 is 4.39 Å². The van der Waals surface area contributed by atoms with Crippen LogP contribution in [0.25, 0.3) is 11.3 Å². The maximum Gasteiger partial charge on any atom is 0.168 e. The van der Waals surface area contributed by atoms with Gasteiger partial charge in [-0.05, 0) is 29.8 Å². The first kappa shape index (κ1) is 16.4. The molecule has 1 heterocycles. The van der Waals surface area contributed by atoms with E-state index in [4.69, 9.17) is 23.2 Å². The zero-order chi connectivity index (χ0) is 16.4. The molecule has 118 valence electrons. The van der Waals surface area contributed by atoms with Crippen LogP contribution in [0.15, 0.2) is 53.8 Å². The first-order valence-corrected chi connectivity index (χ1v) is 8.64. The van der Waals surface area contributed by atoms with Gasteiger partial charge in [0, 0.05) is 28.4 Å². The maximum atomic E-state index is 13.8. The molecule has 6 heteroatoms. The van der Waals surface area contributed by atoms with Gasteiger partial charge in [0.1, 0.15) is 5.82 Å². The third-order valence-electron chi connectivity index (χ3n) is 3.49. The normalized spacial score (nSPS) is 11.0. The first-order chi connectivity index (χ1) is 11.1. The molecule has 1 aromatic heterocycles. The minimum Gasteiger partial charge on any atom is -0.322 e. The molecule has 0 aliphatic carbocycles. The Morgan fingerprint density at radius 3 is 2.57 bits per heavy atom. The van der Waals surface area contributed by atoms with Crippen LogP contribution in [-0.2, 0) is 12.8 Å². The Hall–Kier alpha value is -1.49. The number of hydrogen-bond acceptors (Lipinski definition) is 2. The second kappa shape index (κ2) is 6.95. The van der Waals surface area contributed by atoms with E-state index in [2.05, 4.69) is 4.98 Å². The third kappa shape index (κ3) is 3.55. The van der Waals surface area contributed by atoms with Crippen molar-refractivity contribution in [3.63, 3.8) is 0 Å². The van der Waals surface area contributed by atoms with Crippen LogP contribution >= 0.6 is 35.0 Å². The van der Waals surface area contributed by atoms with Crippen molar-refractivity contribution in [2.45, 2.75) is 10.9 Å². The van der Waals surface area contributed by atoms with E-state index in [0.717, 1.165) is 16.4 Å². The van der Waals surface area contributed by atoms with Gasteiger partial charge < -0.3 is 4.57 Å². The van der Waals surface area contributed by atoms with Gasteiger partial charge in [-0.15, -0.1) is 0 Å². The smallest absolute Gasteiger partial charge is 0.168 e. The monoisotopic (exact) mass is 366 g/mol. The van der Waals surface area contributed by atoms with Crippen molar-refractivity contribution in [3.8, 4) is 11.3 Å². The number of halogens is 3. The van der Waals surface area contributed by atoms with Crippen LogP contribution in [0.3, 0.4) is 0 Å². The summed E-state index contributed by atoms with van der Waals surface area (Å²) in [6.45, 7) is 0. The number of rotatable bonds is 4. The highest BCUT2D eigenvalue weighted by Gasteiger charge is 2.12. The van der Waals surface area contributed by atoms with Crippen molar-refractivity contribution >= 4 is 35.0 Å². The molecule has 0 fully saturated rings. The van der Waals surface area contributed by atoms with E-state index in [0.29, 0.717) is 21.4 Å². The fourth-order valence-corrected chi connectivity index (χ4v) is 3.64. The van der Waals surface area contributed by atoms with E-state index in [1.165, 1.54) is 17.8 Å². The molecule has 0 saturated heterocycles. The standard InChI is InChI=1S/C17H13Cl2FN2S/c1-22-16(11-5-7-12(18)8-6-11)9-21-17(22)23-10-13-14(19)3-2-4-15(13)20/h2-9H,10H2,1H3. The number of aromatic nitrogens is 2. The number of benzene rings is 2. The number of hydrogen-bond donors (Lipinski definition) is 0. The topological polar surface area (TPSA) is 17.8 Å². The second-order valence-corrected chi connectivity index (χ2v) is 6.77. The van der Waals surface area contributed by atoms with Crippen molar-refractivity contribution in [2.24, 2.45) is 7.05 Å². The van der Waals surface area contributed by atoms with Gasteiger partial charge in [-0.1, -0.05) is 53.2 Å². The molecule has 2 aromatic carbocycles. The lowest BCUT2D eigenvalue weighted by Gasteiger charge is -2.07. The highest BCUT2D eigenvalue weighted by molar-refractivity contribution is 7.98. The Balaban J connectivity index is 1.81. The van der Waals surface area contributed by atoms with Crippen molar-refractivity contribution in [2.75, 3.05) is 0 Å². The summed E-state index contributed by atoms with van der Waals surface area (Å²) in [6.07, 6.45) is 1.80. The molecule has 3 aromatic rings. The van der Waals surface area contributed by atoms with E-state index in [-0.39, 0.29) is 5.82 Å². The Labute approximate surface area is 148 Å². The van der Waals surface area contributed by atoms with Gasteiger partial charge in [-0.2, -0.15) is 0 Å². The number of thioether (sulfide) groups is 1. The maximum absolute atomic E-state index is 13.8. The molecule has 0 N–H and O–H groups in total. The molecule has 0 saturated carbocycles. The Bertz CT molecular complexity index is 811. The lowest BCUT2D eigenvalue weighted by molar-refractivity contribution is 0.617. The van der Waals surface area contributed by atoms with Crippen molar-refractivity contribution in [3.05, 3.63) is 70.1 Å². The van der Waals surface area contributed by atoms with Gasteiger partial charge in [0.25, 0.3) is 0 Å². The van der Waals surface area contributed by atoms with Crippen LogP contribution < -0.4 is 0 Å². The largest absolute Gasteiger partial charge is 0.322 e. The van der Waals surface area contributed by atoms with Crippen molar-refractivity contribution in [1.29, 1.82) is 0 Å². The summed E-state index contributed by atoms with van der Waals surface area (Å²) in [5.74, 6) is 0.133. The molecule has 0 atom stereocenters. The summed E-state index contributed by atoms with van der Waals surface area (Å²) < 4.78 is 15.8. The average molecular weight is 367 g/mol. The molecule has 0 aliphatic rings. The molecule has 0 radical (unpaired) electrons. The highest BCUT2D eigenvalue weighted by Crippen LogP contribution is 2.30. The minimum atomic E-state index is -0.294. The molecule has 0 unspecified atom stereocenters. The zero-order valence-electron chi connectivity index (χ0n) is 12.3. The molecule has 0 spiro atoms. The van der Waals surface area contributed by atoms with Gasteiger partial charge in [-0.3, -0.25) is 0 Å². The summed E-state index contributed by atoms with van der Waals surface area (Å²) in [4.78, 5) is 4.42. The molecule has 0 aliphatic heterocycles. The third-order valence-corrected chi connectivity index (χ3v) is 5.17. The summed E-state index contributed by atoms with van der Waals surface area (Å²) in [7, 11) is 1.93. The van der Waals surface area contributed by atoms with Crippen LogP contribution in [0, 0.1) is 5.82 Å². The van der Waals surface area contributed by atoms with Crippen LogP contribution in [0.5, 0.6) is 0 Å². The lowest BCUT2D eigenvalue weighted by Crippen LogP contribution is -1.95. The van der Waals surface area contributed by atoms with Crippen LogP contribution in [0.1, 0.15) is 5.56 Å². The Morgan fingerprint density at radius 1 is 1.13 bits per heavy atom. The van der Waals surface area contributed by atoms with Gasteiger partial charge in [-0.25, -0.2) is 9.37 Å². The fraction of sp³-hybridized carbons (Fsp3) is 0.118. The molecule has 2 nitrogen and oxygen atoms in total. The minimum absolute atomic E-state index is 0.294. The molecular weight excluding hydrogens is 354 g/mol. The van der Waals surface area contributed by atoms with Gasteiger partial charge in [0.2, 0.25) is 0 Å². The van der Waals surface area contributed by atoms with Gasteiger partial charge in [0.15, 0.2) is 5.16 Å². The number of imidazole rings is 1. The van der Waals surface area contributed by atoms with Gasteiger partial charge >= 0.3 is 0 Å². The SMILES string of the molecule is Cn1c(-c2ccc(Cl)cc2)cnc1SCc1c(F)cccc1Cl. The predicted molar refractivity (Wildman–Crippen MR) is 94.6 cm³/mol. The Kier molecular flexibility index (Phi) is 4.95. The quantitative estimate of drug-likeness (QED) is 0.541. The number of nitrogens with zero attached hydrogens (tertiary/aromatic N) is 2. The van der Waals surface area contributed by atoms with E-state index in [9.17, 15) is 4.39 Å². The average Bonchev–Trinajstić information content (AvgIpc) is 2.89. The summed E-state index contributed by atoms with van der Waals surface area (Å²) in [5.41, 5.74) is 2.50. The molecule has 3 rings (SSSR count). The summed E-state index contributed by atoms with van der Waals surface area (Å²) in [6, 6.07) is 12.3. The molecular formula is C17H13Cl2FN2S. The predicted octanol–water partition coefficient (Wildman–Crippen LogP) is 5.83. The van der Waals surface area contributed by atoms with E-state index < -0.39 is 0 Å². The molecule has 0 amide bonds. The first-order valence-electron chi connectivity index (χ1n) is 6.89. The van der Waals surface area contributed by atoms with Gasteiger partial charge in [0.05, 0.1) is 11.9 Å². The summed E-state index contributed by atoms with van der Waals surface area (Å²) >= 11 is 13.4. The lowest BCUT2D eigenvalue weighted by atomic mass is 10.2. The Morgan fingerprint density at radius 2 is 1.87 bits per heavy atom. The van der Waals surface area contributed by atoms with Crippen LogP contribution in [0.2, 0.25) is 10.0 Å². The highest BCUT2D eigenvalue weighted by atomic mass is 35.5. The molecule has 0 bridgehead atoms. The fourth-order valence-electron chi connectivity index (χ4n) is 2.22. The van der Waals surface area contributed by atoms with E-state index >= 15 is 0 Å². The van der Waals surface area contributed by atoms with Crippen LogP contribution in [0.4, 0.5) is 4.39 Å².